The van der Waals surface area contributed by atoms with Crippen LogP contribution >= 0.6 is 15.9 Å². The first-order valence-corrected chi connectivity index (χ1v) is 11.4. The van der Waals surface area contributed by atoms with E-state index in [1.165, 1.54) is 0 Å². The van der Waals surface area contributed by atoms with Gasteiger partial charge in [-0.15, -0.1) is 0 Å². The largest absolute Gasteiger partial charge is 0.503 e. The van der Waals surface area contributed by atoms with Gasteiger partial charge in [-0.05, 0) is 69.0 Å². The van der Waals surface area contributed by atoms with E-state index in [1.54, 1.807) is 42.3 Å². The van der Waals surface area contributed by atoms with Crippen molar-refractivity contribution < 1.29 is 23.8 Å². The number of furan rings is 1. The zero-order valence-electron chi connectivity index (χ0n) is 18.7. The summed E-state index contributed by atoms with van der Waals surface area (Å²) in [6.45, 7) is 1.14. The van der Waals surface area contributed by atoms with Gasteiger partial charge in [0.05, 0.1) is 18.7 Å². The summed E-state index contributed by atoms with van der Waals surface area (Å²) in [7, 11) is 5.46. The van der Waals surface area contributed by atoms with Crippen LogP contribution in [0.5, 0.6) is 5.75 Å². The van der Waals surface area contributed by atoms with Crippen molar-refractivity contribution in [2.45, 2.75) is 12.5 Å². The monoisotopic (exact) mass is 512 g/mol. The molecule has 0 fully saturated rings. The van der Waals surface area contributed by atoms with Gasteiger partial charge in [0.25, 0.3) is 5.91 Å². The normalized spacial score (nSPS) is 16.3. The Labute approximate surface area is 200 Å². The molecular formula is C25H25BrN2O5. The highest BCUT2D eigenvalue weighted by atomic mass is 79.9. The maximum Gasteiger partial charge on any atom is 0.290 e. The molecule has 1 aliphatic rings. The SMILES string of the molecule is COc1cccc(C2C(C(=O)c3cc4cc(Br)ccc4o3)=C(O)C(=O)N2CCCN(C)C)c1. The Balaban J connectivity index is 1.76. The molecule has 0 radical (unpaired) electrons. The van der Waals surface area contributed by atoms with E-state index in [0.29, 0.717) is 29.9 Å². The predicted octanol–water partition coefficient (Wildman–Crippen LogP) is 4.73. The van der Waals surface area contributed by atoms with E-state index >= 15 is 0 Å². The van der Waals surface area contributed by atoms with E-state index in [4.69, 9.17) is 9.15 Å². The average molecular weight is 513 g/mol. The molecule has 0 saturated carbocycles. The number of aliphatic hydroxyl groups excluding tert-OH is 1. The Morgan fingerprint density at radius 1 is 1.21 bits per heavy atom. The van der Waals surface area contributed by atoms with E-state index in [-0.39, 0.29) is 11.3 Å². The minimum Gasteiger partial charge on any atom is -0.503 e. The van der Waals surface area contributed by atoms with Gasteiger partial charge in [-0.1, -0.05) is 28.1 Å². The maximum absolute atomic E-state index is 13.6. The highest BCUT2D eigenvalue weighted by Gasteiger charge is 2.44. The second kappa shape index (κ2) is 9.41. The lowest BCUT2D eigenvalue weighted by molar-refractivity contribution is -0.129. The molecule has 7 nitrogen and oxygen atoms in total. The second-order valence-corrected chi connectivity index (χ2v) is 9.13. The third-order valence-corrected chi connectivity index (χ3v) is 6.16. The van der Waals surface area contributed by atoms with E-state index in [9.17, 15) is 14.7 Å². The molecule has 0 aliphatic carbocycles. The second-order valence-electron chi connectivity index (χ2n) is 8.22. The number of fused-ring (bicyclic) bond motifs is 1. The molecule has 1 aliphatic heterocycles. The van der Waals surface area contributed by atoms with Crippen LogP contribution in [-0.2, 0) is 4.79 Å². The highest BCUT2D eigenvalue weighted by molar-refractivity contribution is 9.10. The van der Waals surface area contributed by atoms with Gasteiger partial charge in [-0.3, -0.25) is 9.59 Å². The summed E-state index contributed by atoms with van der Waals surface area (Å²) in [5, 5.41) is 11.6. The number of carbonyl (C=O) groups is 2. The van der Waals surface area contributed by atoms with Crippen LogP contribution in [0.1, 0.15) is 28.6 Å². The summed E-state index contributed by atoms with van der Waals surface area (Å²) in [5.74, 6) is -0.959. The van der Waals surface area contributed by atoms with Crippen molar-refractivity contribution in [2.75, 3.05) is 34.3 Å². The summed E-state index contributed by atoms with van der Waals surface area (Å²) >= 11 is 3.42. The lowest BCUT2D eigenvalue weighted by Crippen LogP contribution is -2.33. The van der Waals surface area contributed by atoms with E-state index in [0.717, 1.165) is 16.4 Å². The van der Waals surface area contributed by atoms with Gasteiger partial charge in [0, 0.05) is 16.4 Å². The average Bonchev–Trinajstić information content (AvgIpc) is 3.32. The molecule has 8 heteroatoms. The number of ketones is 1. The van der Waals surface area contributed by atoms with Crippen molar-refractivity contribution in [3.63, 3.8) is 0 Å². The third kappa shape index (κ3) is 4.54. The molecule has 2 heterocycles. The summed E-state index contributed by atoms with van der Waals surface area (Å²) < 4.78 is 12.0. The molecule has 1 atom stereocenters. The first-order valence-electron chi connectivity index (χ1n) is 10.6. The smallest absolute Gasteiger partial charge is 0.290 e. The standard InChI is InChI=1S/C25H25BrN2O5/c1-27(2)10-5-11-28-22(15-6-4-7-18(13-15)32-3)21(24(30)25(28)31)23(29)20-14-16-12-17(26)8-9-19(16)33-20/h4,6-9,12-14,22,30H,5,10-11H2,1-3H3. The molecule has 0 bridgehead atoms. The fraction of sp³-hybridized carbons (Fsp3) is 0.280. The van der Waals surface area contributed by atoms with Crippen LogP contribution < -0.4 is 4.74 Å². The molecule has 0 saturated heterocycles. The maximum atomic E-state index is 13.6. The van der Waals surface area contributed by atoms with Crippen LogP contribution in [0.15, 0.2) is 68.8 Å². The molecule has 33 heavy (non-hydrogen) atoms. The number of hydrogen-bond acceptors (Lipinski definition) is 6. The minimum absolute atomic E-state index is 0.0104. The lowest BCUT2D eigenvalue weighted by Gasteiger charge is -2.27. The van der Waals surface area contributed by atoms with Crippen LogP contribution in [0.3, 0.4) is 0 Å². The van der Waals surface area contributed by atoms with Gasteiger partial charge in [-0.25, -0.2) is 0 Å². The summed E-state index contributed by atoms with van der Waals surface area (Å²) in [6.07, 6.45) is 0.687. The van der Waals surface area contributed by atoms with Crippen molar-refractivity contribution in [3.05, 3.63) is 75.7 Å². The molecule has 0 spiro atoms. The van der Waals surface area contributed by atoms with E-state index in [1.807, 2.05) is 37.2 Å². The topological polar surface area (TPSA) is 83.2 Å². The fourth-order valence-corrected chi connectivity index (χ4v) is 4.47. The Hall–Kier alpha value is -3.10. The van der Waals surface area contributed by atoms with Gasteiger partial charge >= 0.3 is 0 Å². The van der Waals surface area contributed by atoms with Gasteiger partial charge < -0.3 is 24.1 Å². The number of hydrogen-bond donors (Lipinski definition) is 1. The van der Waals surface area contributed by atoms with E-state index in [2.05, 4.69) is 15.9 Å². The zero-order chi connectivity index (χ0) is 23.7. The van der Waals surface area contributed by atoms with Crippen molar-refractivity contribution in [1.29, 1.82) is 0 Å². The van der Waals surface area contributed by atoms with Crippen molar-refractivity contribution in [3.8, 4) is 5.75 Å². The Morgan fingerprint density at radius 3 is 2.73 bits per heavy atom. The Morgan fingerprint density at radius 2 is 2.00 bits per heavy atom. The molecule has 1 aromatic heterocycles. The molecule has 1 N–H and O–H groups in total. The van der Waals surface area contributed by atoms with Gasteiger partial charge in [0.2, 0.25) is 5.78 Å². The van der Waals surface area contributed by atoms with E-state index < -0.39 is 23.5 Å². The summed E-state index contributed by atoms with van der Waals surface area (Å²) in [4.78, 5) is 30.2. The van der Waals surface area contributed by atoms with Gasteiger partial charge in [-0.2, -0.15) is 0 Å². The predicted molar refractivity (Wildman–Crippen MR) is 129 cm³/mol. The molecular weight excluding hydrogens is 488 g/mol. The van der Waals surface area contributed by atoms with Crippen LogP contribution in [0.4, 0.5) is 0 Å². The number of methoxy groups -OCH3 is 1. The zero-order valence-corrected chi connectivity index (χ0v) is 20.3. The summed E-state index contributed by atoms with van der Waals surface area (Å²) in [6, 6.07) is 13.5. The number of benzene rings is 2. The molecule has 1 amide bonds. The van der Waals surface area contributed by atoms with Crippen molar-refractivity contribution in [2.24, 2.45) is 0 Å². The first kappa shape index (κ1) is 23.1. The summed E-state index contributed by atoms with van der Waals surface area (Å²) in [5.41, 5.74) is 1.24. The third-order valence-electron chi connectivity index (χ3n) is 5.66. The molecule has 1 unspecified atom stereocenters. The van der Waals surface area contributed by atoms with Crippen LogP contribution in [0.2, 0.25) is 0 Å². The van der Waals surface area contributed by atoms with Crippen LogP contribution in [-0.4, -0.2) is 60.9 Å². The number of nitrogens with zero attached hydrogens (tertiary/aromatic N) is 2. The molecule has 172 valence electrons. The molecule has 4 rings (SSSR count). The molecule has 3 aromatic rings. The van der Waals surface area contributed by atoms with Crippen molar-refractivity contribution >= 4 is 38.6 Å². The van der Waals surface area contributed by atoms with Crippen LogP contribution in [0, 0.1) is 0 Å². The molecule has 2 aromatic carbocycles. The van der Waals surface area contributed by atoms with Crippen molar-refractivity contribution in [1.82, 2.24) is 9.80 Å². The fourth-order valence-electron chi connectivity index (χ4n) is 4.09. The Kier molecular flexibility index (Phi) is 6.58. The minimum atomic E-state index is -0.748. The van der Waals surface area contributed by atoms with Gasteiger partial charge in [0.1, 0.15) is 11.3 Å². The number of amides is 1. The number of halogens is 1. The number of aliphatic hydroxyl groups is 1. The highest BCUT2D eigenvalue weighted by Crippen LogP contribution is 2.40. The number of rotatable bonds is 8. The quantitative estimate of drug-likeness (QED) is 0.439. The van der Waals surface area contributed by atoms with Gasteiger partial charge in [0.15, 0.2) is 11.5 Å². The number of ether oxygens (including phenoxy) is 1. The number of carbonyl (C=O) groups excluding carboxylic acids is 2. The van der Waals surface area contributed by atoms with Crippen LogP contribution in [0.25, 0.3) is 11.0 Å². The Bertz CT molecular complexity index is 1250. The first-order chi connectivity index (χ1) is 15.8. The lowest BCUT2D eigenvalue weighted by atomic mass is 9.94. The number of Topliss-reactive ketones (excluding diaryl/α,β-unsaturated/α-hetero) is 1.